The Bertz CT molecular complexity index is 1160. The van der Waals surface area contributed by atoms with E-state index >= 15 is 0 Å². The van der Waals surface area contributed by atoms with Gasteiger partial charge in [0.25, 0.3) is 0 Å². The highest BCUT2D eigenvalue weighted by Crippen LogP contribution is 2.37. The van der Waals surface area contributed by atoms with Gasteiger partial charge in [0.05, 0.1) is 38.6 Å². The maximum atomic E-state index is 12.2. The highest BCUT2D eigenvalue weighted by atomic mass is 16.7. The molecule has 2 heterocycles. The number of esters is 1. The third kappa shape index (κ3) is 9.20. The fraction of sp³-hybridized carbons (Fsp3) is 0.571. The molecule has 3 aliphatic rings. The molecule has 234 valence electrons. The van der Waals surface area contributed by atoms with Crippen LogP contribution in [0, 0.1) is 5.92 Å². The van der Waals surface area contributed by atoms with Crippen molar-refractivity contribution in [1.29, 1.82) is 0 Å². The van der Waals surface area contributed by atoms with Gasteiger partial charge in [-0.1, -0.05) is 66.7 Å². The number of aliphatic hydroxyl groups excluding tert-OH is 1. The van der Waals surface area contributed by atoms with Crippen molar-refractivity contribution in [2.45, 2.75) is 82.7 Å². The first-order valence-electron chi connectivity index (χ1n) is 15.8. The van der Waals surface area contributed by atoms with E-state index in [9.17, 15) is 9.90 Å². The zero-order valence-electron chi connectivity index (χ0n) is 25.6. The molecule has 2 aromatic carbocycles. The molecule has 1 saturated carbocycles. The molecule has 43 heavy (non-hydrogen) atoms. The molecule has 0 amide bonds. The number of hydrogen-bond donors (Lipinski definition) is 1. The topological polar surface area (TPSA) is 86.7 Å². The molecule has 1 aliphatic carbocycles. The lowest BCUT2D eigenvalue weighted by molar-refractivity contribution is -0.158. The van der Waals surface area contributed by atoms with Crippen molar-refractivity contribution in [3.63, 3.8) is 0 Å². The van der Waals surface area contributed by atoms with Crippen molar-refractivity contribution in [2.75, 3.05) is 39.5 Å². The van der Waals surface area contributed by atoms with E-state index in [0.717, 1.165) is 31.5 Å². The van der Waals surface area contributed by atoms with Crippen molar-refractivity contribution in [3.8, 4) is 11.1 Å². The van der Waals surface area contributed by atoms with Crippen LogP contribution in [0.25, 0.3) is 11.1 Å². The summed E-state index contributed by atoms with van der Waals surface area (Å²) >= 11 is 0. The van der Waals surface area contributed by atoms with Crippen LogP contribution in [-0.4, -0.2) is 85.6 Å². The average Bonchev–Trinajstić information content (AvgIpc) is 3.54. The molecule has 0 radical (unpaired) electrons. The summed E-state index contributed by atoms with van der Waals surface area (Å²) in [7, 11) is 0. The van der Waals surface area contributed by atoms with E-state index in [0.29, 0.717) is 45.7 Å². The van der Waals surface area contributed by atoms with Crippen molar-refractivity contribution >= 4 is 5.97 Å². The largest absolute Gasteiger partial charge is 0.463 e. The Hall–Kier alpha value is -2.59. The monoisotopic (exact) mass is 593 g/mol. The summed E-state index contributed by atoms with van der Waals surface area (Å²) in [5, 5.41) is 11.2. The third-order valence-corrected chi connectivity index (χ3v) is 8.62. The maximum absolute atomic E-state index is 12.2. The molecule has 3 fully saturated rings. The molecule has 2 aliphatic heterocycles. The molecule has 0 aromatic heterocycles. The van der Waals surface area contributed by atoms with E-state index in [-0.39, 0.29) is 36.7 Å². The second kappa shape index (κ2) is 15.4. The molecule has 0 bridgehead atoms. The number of hydrogen-bond acceptors (Lipinski definition) is 8. The van der Waals surface area contributed by atoms with Gasteiger partial charge in [0.1, 0.15) is 12.7 Å². The predicted octanol–water partition coefficient (Wildman–Crippen LogP) is 5.13. The highest BCUT2D eigenvalue weighted by Gasteiger charge is 2.45. The average molecular weight is 594 g/mol. The first-order valence-corrected chi connectivity index (χ1v) is 15.8. The van der Waals surface area contributed by atoms with Gasteiger partial charge in [0.15, 0.2) is 5.79 Å². The summed E-state index contributed by atoms with van der Waals surface area (Å²) in [4.78, 5) is 14.6. The Morgan fingerprint density at radius 2 is 1.74 bits per heavy atom. The van der Waals surface area contributed by atoms with E-state index in [1.54, 1.807) is 0 Å². The van der Waals surface area contributed by atoms with Gasteiger partial charge in [-0.2, -0.15) is 0 Å². The lowest BCUT2D eigenvalue weighted by atomic mass is 9.93. The third-order valence-electron chi connectivity index (χ3n) is 8.62. The van der Waals surface area contributed by atoms with Crippen molar-refractivity contribution in [2.24, 2.45) is 5.92 Å². The number of nitrogens with zero attached hydrogens (tertiary/aromatic N) is 1. The summed E-state index contributed by atoms with van der Waals surface area (Å²) in [6.45, 7) is 7.95. The van der Waals surface area contributed by atoms with Crippen LogP contribution in [0.4, 0.5) is 0 Å². The molecule has 2 aromatic rings. The molecule has 8 nitrogen and oxygen atoms in total. The van der Waals surface area contributed by atoms with Crippen LogP contribution < -0.4 is 0 Å². The molecule has 2 saturated heterocycles. The van der Waals surface area contributed by atoms with Gasteiger partial charge in [-0.3, -0.25) is 9.69 Å². The molecule has 5 atom stereocenters. The van der Waals surface area contributed by atoms with Gasteiger partial charge < -0.3 is 28.8 Å². The number of morpholine rings is 1. The lowest BCUT2D eigenvalue weighted by Crippen LogP contribution is -2.50. The van der Waals surface area contributed by atoms with E-state index in [1.165, 1.54) is 11.1 Å². The number of ether oxygens (including phenoxy) is 5. The molecule has 5 rings (SSSR count). The van der Waals surface area contributed by atoms with Gasteiger partial charge in [-0.05, 0) is 49.8 Å². The van der Waals surface area contributed by atoms with Gasteiger partial charge in [0.2, 0.25) is 0 Å². The summed E-state index contributed by atoms with van der Waals surface area (Å²) < 4.78 is 28.7. The Kier molecular flexibility index (Phi) is 11.4. The van der Waals surface area contributed by atoms with Gasteiger partial charge >= 0.3 is 5.97 Å². The molecule has 1 N–H and O–H groups in total. The van der Waals surface area contributed by atoms with Crippen LogP contribution in [-0.2, 0) is 35.1 Å². The summed E-state index contributed by atoms with van der Waals surface area (Å²) in [6, 6.07) is 19.0. The summed E-state index contributed by atoms with van der Waals surface area (Å²) in [6.07, 6.45) is 6.92. The maximum Gasteiger partial charge on any atom is 0.306 e. The number of carbonyl (C=O) groups excluding carboxylic acids is 1. The first kappa shape index (κ1) is 31.8. The van der Waals surface area contributed by atoms with Crippen LogP contribution in [0.5, 0.6) is 0 Å². The smallest absolute Gasteiger partial charge is 0.306 e. The first-order chi connectivity index (χ1) is 20.9. The number of allylic oxidation sites excluding steroid dienone is 2. The minimum absolute atomic E-state index is 0.0215. The normalized spacial score (nSPS) is 27.6. The number of carbonyl (C=O) groups is 1. The van der Waals surface area contributed by atoms with E-state index in [2.05, 4.69) is 65.6 Å². The minimum Gasteiger partial charge on any atom is -0.463 e. The predicted molar refractivity (Wildman–Crippen MR) is 164 cm³/mol. The molecule has 0 spiro atoms. The van der Waals surface area contributed by atoms with Crippen molar-refractivity contribution in [1.82, 2.24) is 4.90 Å². The second-order valence-corrected chi connectivity index (χ2v) is 12.2. The Morgan fingerprint density at radius 1 is 1.02 bits per heavy atom. The summed E-state index contributed by atoms with van der Waals surface area (Å²) in [5.74, 6) is -0.632. The fourth-order valence-corrected chi connectivity index (χ4v) is 6.45. The Morgan fingerprint density at radius 3 is 2.47 bits per heavy atom. The second-order valence-electron chi connectivity index (χ2n) is 12.2. The number of benzene rings is 2. The standard InChI is InChI=1S/C35H47NO7/c1-35(2)42-25-29(43-35)24-41-33(38)13-9-4-3-8-12-30-32(22-31(37)34(30)36-18-20-39-21-19-36)40-23-26-14-16-28(17-15-26)27-10-6-5-7-11-27/h3-7,10-11,14-17,29-32,34,37H,8-9,12-13,18-25H2,1-2H3/t29?,30-,31+,32-,34+/m0/s1. The minimum atomic E-state index is -0.617. The van der Waals surface area contributed by atoms with Crippen LogP contribution >= 0.6 is 0 Å². The molecular weight excluding hydrogens is 546 g/mol. The summed E-state index contributed by atoms with van der Waals surface area (Å²) in [5.41, 5.74) is 3.52. The van der Waals surface area contributed by atoms with Gasteiger partial charge in [0, 0.05) is 37.9 Å². The van der Waals surface area contributed by atoms with Crippen molar-refractivity contribution < 1.29 is 33.6 Å². The lowest BCUT2D eigenvalue weighted by Gasteiger charge is -2.38. The highest BCUT2D eigenvalue weighted by molar-refractivity contribution is 5.69. The van der Waals surface area contributed by atoms with Gasteiger partial charge in [-0.15, -0.1) is 0 Å². The van der Waals surface area contributed by atoms with Gasteiger partial charge in [-0.25, -0.2) is 0 Å². The SMILES string of the molecule is CC1(C)OCC(COC(=O)CCC=CCC[C@@H]2[C@@H](N3CCOCC3)[C@H](O)C[C@@H]2OCc2ccc(-c3ccccc3)cc2)O1. The Labute approximate surface area is 255 Å². The van der Waals surface area contributed by atoms with E-state index in [4.69, 9.17) is 23.7 Å². The van der Waals surface area contributed by atoms with Crippen LogP contribution in [0.3, 0.4) is 0 Å². The molecular formula is C35H47NO7. The van der Waals surface area contributed by atoms with Crippen LogP contribution in [0.1, 0.15) is 51.5 Å². The zero-order chi connectivity index (χ0) is 30.1. The quantitative estimate of drug-likeness (QED) is 0.253. The van der Waals surface area contributed by atoms with E-state index in [1.807, 2.05) is 19.9 Å². The number of aliphatic hydroxyl groups is 1. The Balaban J connectivity index is 1.10. The van der Waals surface area contributed by atoms with Crippen LogP contribution in [0.15, 0.2) is 66.7 Å². The molecule has 1 unspecified atom stereocenters. The fourth-order valence-electron chi connectivity index (χ4n) is 6.45. The van der Waals surface area contributed by atoms with E-state index < -0.39 is 11.9 Å². The zero-order valence-corrected chi connectivity index (χ0v) is 25.6. The number of rotatable bonds is 13. The van der Waals surface area contributed by atoms with Crippen LogP contribution in [0.2, 0.25) is 0 Å². The molecule has 8 heteroatoms. The van der Waals surface area contributed by atoms with Crippen molar-refractivity contribution in [3.05, 3.63) is 72.3 Å².